The van der Waals surface area contributed by atoms with E-state index in [1.807, 2.05) is 11.8 Å². The van der Waals surface area contributed by atoms with E-state index in [1.54, 1.807) is 31.2 Å². The molecule has 1 aromatic rings. The minimum Gasteiger partial charge on any atom is -0.333 e. The van der Waals surface area contributed by atoms with Crippen LogP contribution < -0.4 is 10.0 Å². The molecule has 0 spiro atoms. The first kappa shape index (κ1) is 16.9. The van der Waals surface area contributed by atoms with Gasteiger partial charge in [-0.3, -0.25) is 4.79 Å². The van der Waals surface area contributed by atoms with Gasteiger partial charge in [-0.1, -0.05) is 12.1 Å². The summed E-state index contributed by atoms with van der Waals surface area (Å²) in [5.41, 5.74) is 1.47. The highest BCUT2D eigenvalue weighted by molar-refractivity contribution is 7.89. The highest BCUT2D eigenvalue weighted by atomic mass is 32.2. The van der Waals surface area contributed by atoms with Gasteiger partial charge in [0.1, 0.15) is 0 Å². The second-order valence-corrected chi connectivity index (χ2v) is 7.57. The molecule has 0 saturated carbocycles. The van der Waals surface area contributed by atoms with Crippen LogP contribution in [0.3, 0.4) is 0 Å². The predicted molar refractivity (Wildman–Crippen MR) is 86.1 cm³/mol. The standard InChI is InChI=1S/C15H23N3O3S/c1-3-22(20,21)17-11-13-4-6-14(7-5-13)15(19)18-9-8-16-10-12(18)2/h4-7,12,16-17H,3,8-11H2,1-2H3/t12-/m1/s1. The zero-order chi connectivity index (χ0) is 16.2. The molecule has 6 nitrogen and oxygen atoms in total. The van der Waals surface area contributed by atoms with Crippen LogP contribution in [0.25, 0.3) is 0 Å². The molecular weight excluding hydrogens is 302 g/mol. The van der Waals surface area contributed by atoms with Gasteiger partial charge >= 0.3 is 0 Å². The number of amides is 1. The Morgan fingerprint density at radius 3 is 2.64 bits per heavy atom. The van der Waals surface area contributed by atoms with E-state index in [2.05, 4.69) is 10.0 Å². The van der Waals surface area contributed by atoms with Crippen molar-refractivity contribution in [1.82, 2.24) is 14.9 Å². The Balaban J connectivity index is 2.00. The van der Waals surface area contributed by atoms with Crippen molar-refractivity contribution >= 4 is 15.9 Å². The summed E-state index contributed by atoms with van der Waals surface area (Å²) in [6, 6.07) is 7.27. The lowest BCUT2D eigenvalue weighted by Crippen LogP contribution is -2.52. The van der Waals surface area contributed by atoms with Crippen LogP contribution in [0.15, 0.2) is 24.3 Å². The van der Waals surface area contributed by atoms with Crippen molar-refractivity contribution in [1.29, 1.82) is 0 Å². The van der Waals surface area contributed by atoms with Gasteiger partial charge in [-0.25, -0.2) is 13.1 Å². The number of hydrogen-bond donors (Lipinski definition) is 2. The lowest BCUT2D eigenvalue weighted by molar-refractivity contribution is 0.0655. The van der Waals surface area contributed by atoms with E-state index in [0.29, 0.717) is 12.1 Å². The van der Waals surface area contributed by atoms with Crippen LogP contribution >= 0.6 is 0 Å². The fourth-order valence-electron chi connectivity index (χ4n) is 2.37. The summed E-state index contributed by atoms with van der Waals surface area (Å²) in [6.07, 6.45) is 0. The summed E-state index contributed by atoms with van der Waals surface area (Å²) in [5.74, 6) is 0.0828. The third kappa shape index (κ3) is 4.28. The maximum atomic E-state index is 12.5. The first-order valence-electron chi connectivity index (χ1n) is 7.51. The van der Waals surface area contributed by atoms with E-state index in [-0.39, 0.29) is 24.2 Å². The molecule has 1 saturated heterocycles. The summed E-state index contributed by atoms with van der Waals surface area (Å²) in [7, 11) is -3.20. The smallest absolute Gasteiger partial charge is 0.254 e. The van der Waals surface area contributed by atoms with Crippen LogP contribution in [0.1, 0.15) is 29.8 Å². The molecule has 1 amide bonds. The van der Waals surface area contributed by atoms with Crippen LogP contribution in [0.4, 0.5) is 0 Å². The summed E-state index contributed by atoms with van der Waals surface area (Å²) in [6.45, 7) is 6.19. The topological polar surface area (TPSA) is 78.5 Å². The molecule has 2 rings (SSSR count). The molecule has 7 heteroatoms. The molecule has 0 bridgehead atoms. The van der Waals surface area contributed by atoms with Gasteiger partial charge in [-0.15, -0.1) is 0 Å². The Morgan fingerprint density at radius 2 is 2.05 bits per heavy atom. The molecule has 122 valence electrons. The van der Waals surface area contributed by atoms with E-state index < -0.39 is 10.0 Å². The van der Waals surface area contributed by atoms with Crippen molar-refractivity contribution in [3.63, 3.8) is 0 Å². The Labute approximate surface area is 131 Å². The Kier molecular flexibility index (Phi) is 5.55. The van der Waals surface area contributed by atoms with E-state index >= 15 is 0 Å². The molecule has 1 aromatic carbocycles. The van der Waals surface area contributed by atoms with Crippen LogP contribution in [0.5, 0.6) is 0 Å². The average Bonchev–Trinajstić information content (AvgIpc) is 2.53. The minimum absolute atomic E-state index is 0.0229. The van der Waals surface area contributed by atoms with Gasteiger partial charge in [-0.05, 0) is 31.5 Å². The number of carbonyl (C=O) groups excluding carboxylic acids is 1. The number of rotatable bonds is 5. The quantitative estimate of drug-likeness (QED) is 0.829. The second-order valence-electron chi connectivity index (χ2n) is 5.47. The lowest BCUT2D eigenvalue weighted by Gasteiger charge is -2.34. The second kappa shape index (κ2) is 7.21. The lowest BCUT2D eigenvalue weighted by atomic mass is 10.1. The van der Waals surface area contributed by atoms with Crippen molar-refractivity contribution in [2.45, 2.75) is 26.4 Å². The Bertz CT molecular complexity index is 613. The van der Waals surface area contributed by atoms with Crippen molar-refractivity contribution in [2.75, 3.05) is 25.4 Å². The van der Waals surface area contributed by atoms with Crippen LogP contribution in [-0.4, -0.2) is 50.7 Å². The predicted octanol–water partition coefficient (Wildman–Crippen LogP) is 0.560. The van der Waals surface area contributed by atoms with Crippen molar-refractivity contribution in [2.24, 2.45) is 0 Å². The number of nitrogens with one attached hydrogen (secondary N) is 2. The molecule has 0 aliphatic carbocycles. The van der Waals surface area contributed by atoms with E-state index in [4.69, 9.17) is 0 Å². The molecular formula is C15H23N3O3S. The molecule has 1 aliphatic rings. The number of carbonyl (C=O) groups is 1. The maximum absolute atomic E-state index is 12.5. The first-order chi connectivity index (χ1) is 10.4. The van der Waals surface area contributed by atoms with E-state index in [9.17, 15) is 13.2 Å². The molecule has 1 heterocycles. The van der Waals surface area contributed by atoms with Crippen molar-refractivity contribution in [3.05, 3.63) is 35.4 Å². The van der Waals surface area contributed by atoms with Crippen LogP contribution in [0, 0.1) is 0 Å². The molecule has 0 aromatic heterocycles. The van der Waals surface area contributed by atoms with Crippen LogP contribution in [0.2, 0.25) is 0 Å². The Morgan fingerprint density at radius 1 is 1.36 bits per heavy atom. The zero-order valence-corrected chi connectivity index (χ0v) is 13.8. The highest BCUT2D eigenvalue weighted by Crippen LogP contribution is 2.12. The minimum atomic E-state index is -3.20. The van der Waals surface area contributed by atoms with Crippen molar-refractivity contribution in [3.8, 4) is 0 Å². The van der Waals surface area contributed by atoms with Crippen molar-refractivity contribution < 1.29 is 13.2 Å². The molecule has 22 heavy (non-hydrogen) atoms. The average molecular weight is 325 g/mol. The van der Waals surface area contributed by atoms with Gasteiger partial charge in [0.2, 0.25) is 10.0 Å². The van der Waals surface area contributed by atoms with Gasteiger partial charge in [0.05, 0.1) is 5.75 Å². The van der Waals surface area contributed by atoms with Gasteiger partial charge in [-0.2, -0.15) is 0 Å². The third-order valence-corrected chi connectivity index (χ3v) is 5.18. The van der Waals surface area contributed by atoms with E-state index in [0.717, 1.165) is 18.7 Å². The number of nitrogens with zero attached hydrogens (tertiary/aromatic N) is 1. The van der Waals surface area contributed by atoms with Gasteiger partial charge in [0.25, 0.3) is 5.91 Å². The summed E-state index contributed by atoms with van der Waals surface area (Å²) >= 11 is 0. The maximum Gasteiger partial charge on any atom is 0.254 e. The van der Waals surface area contributed by atoms with Gasteiger partial charge < -0.3 is 10.2 Å². The number of benzene rings is 1. The Hall–Kier alpha value is -1.44. The molecule has 2 N–H and O–H groups in total. The fourth-order valence-corrected chi connectivity index (χ4v) is 2.96. The van der Waals surface area contributed by atoms with Gasteiger partial charge in [0.15, 0.2) is 0 Å². The largest absolute Gasteiger partial charge is 0.333 e. The van der Waals surface area contributed by atoms with E-state index in [1.165, 1.54) is 0 Å². The molecule has 0 radical (unpaired) electrons. The SMILES string of the molecule is CCS(=O)(=O)NCc1ccc(C(=O)N2CCNC[C@H]2C)cc1. The zero-order valence-electron chi connectivity index (χ0n) is 13.0. The summed E-state index contributed by atoms with van der Waals surface area (Å²) in [5, 5.41) is 3.26. The van der Waals surface area contributed by atoms with Crippen LogP contribution in [-0.2, 0) is 16.6 Å². The third-order valence-electron chi connectivity index (χ3n) is 3.84. The molecule has 1 fully saturated rings. The number of piperazine rings is 1. The normalized spacial score (nSPS) is 19.2. The number of hydrogen-bond acceptors (Lipinski definition) is 4. The molecule has 1 atom stereocenters. The number of sulfonamides is 1. The molecule has 0 unspecified atom stereocenters. The first-order valence-corrected chi connectivity index (χ1v) is 9.16. The summed E-state index contributed by atoms with van der Waals surface area (Å²) < 4.78 is 25.3. The fraction of sp³-hybridized carbons (Fsp3) is 0.533. The highest BCUT2D eigenvalue weighted by Gasteiger charge is 2.23. The summed E-state index contributed by atoms with van der Waals surface area (Å²) in [4.78, 5) is 14.3. The molecule has 1 aliphatic heterocycles. The van der Waals surface area contributed by atoms with Gasteiger partial charge in [0, 0.05) is 37.8 Å². The monoisotopic (exact) mass is 325 g/mol.